The Balaban J connectivity index is 1.25. The van der Waals surface area contributed by atoms with E-state index in [2.05, 4.69) is 77.6 Å². The van der Waals surface area contributed by atoms with Crippen molar-refractivity contribution in [2.24, 2.45) is 5.92 Å². The topological polar surface area (TPSA) is 74.8 Å². The molecule has 2 heterocycles. The monoisotopic (exact) mass is 618 g/mol. The number of amides is 2. The van der Waals surface area contributed by atoms with Crippen molar-refractivity contribution in [2.45, 2.75) is 59.5 Å². The van der Waals surface area contributed by atoms with Crippen LogP contribution >= 0.6 is 0 Å². The number of nitrogens with one attached hydrogen (secondary N) is 1. The number of piperazine rings is 1. The fraction of sp³-hybridized carbons (Fsp3) is 0.359. The summed E-state index contributed by atoms with van der Waals surface area (Å²) < 4.78 is 5.54. The van der Waals surface area contributed by atoms with E-state index in [1.165, 1.54) is 0 Å². The number of carbonyl (C=O) groups excluding carboxylic acids is 2. The Bertz CT molecular complexity index is 1630. The highest BCUT2D eigenvalue weighted by Crippen LogP contribution is 2.31. The van der Waals surface area contributed by atoms with Gasteiger partial charge in [-0.3, -0.25) is 9.78 Å². The van der Waals surface area contributed by atoms with Crippen molar-refractivity contribution >= 4 is 23.4 Å². The maximum Gasteiger partial charge on any atom is 0.410 e. The van der Waals surface area contributed by atoms with Crippen molar-refractivity contribution in [2.75, 3.05) is 36.4 Å². The normalized spacial score (nSPS) is 14.2. The second kappa shape index (κ2) is 14.2. The number of hydrogen-bond acceptors (Lipinski definition) is 5. The molecule has 1 saturated heterocycles. The van der Waals surface area contributed by atoms with E-state index < -0.39 is 5.60 Å². The third kappa shape index (κ3) is 8.53. The van der Waals surface area contributed by atoms with Gasteiger partial charge >= 0.3 is 6.09 Å². The number of carbonyl (C=O) groups is 2. The van der Waals surface area contributed by atoms with Crippen molar-refractivity contribution in [3.63, 3.8) is 0 Å². The number of aryl methyl sites for hydroxylation is 1. The zero-order valence-electron chi connectivity index (χ0n) is 27.9. The summed E-state index contributed by atoms with van der Waals surface area (Å²) in [6, 6.07) is 28.9. The van der Waals surface area contributed by atoms with Crippen molar-refractivity contribution < 1.29 is 14.3 Å². The van der Waals surface area contributed by atoms with Crippen LogP contribution in [0.5, 0.6) is 0 Å². The highest BCUT2D eigenvalue weighted by molar-refractivity contribution is 5.96. The van der Waals surface area contributed by atoms with Crippen LogP contribution in [0.4, 0.5) is 16.2 Å². The average Bonchev–Trinajstić information content (AvgIpc) is 3.03. The number of hydrogen-bond donors (Lipinski definition) is 1. The lowest BCUT2D eigenvalue weighted by Crippen LogP contribution is -2.50. The lowest BCUT2D eigenvalue weighted by molar-refractivity contribution is -0.118. The zero-order valence-corrected chi connectivity index (χ0v) is 27.9. The lowest BCUT2D eigenvalue weighted by atomic mass is 9.88. The molecule has 1 fully saturated rings. The number of rotatable bonds is 8. The highest BCUT2D eigenvalue weighted by Gasteiger charge is 2.26. The molecule has 240 valence electrons. The summed E-state index contributed by atoms with van der Waals surface area (Å²) in [5.41, 5.74) is 7.78. The van der Waals surface area contributed by atoms with Crippen LogP contribution in [0.2, 0.25) is 0 Å². The number of anilines is 2. The molecule has 1 aromatic heterocycles. The van der Waals surface area contributed by atoms with E-state index in [1.54, 1.807) is 4.90 Å². The van der Waals surface area contributed by atoms with E-state index in [0.717, 1.165) is 64.4 Å². The second-order valence-corrected chi connectivity index (χ2v) is 13.6. The van der Waals surface area contributed by atoms with Crippen LogP contribution in [0.15, 0.2) is 91.1 Å². The standard InChI is InChI=1S/C39H46N4O3/c1-27(2)24-36(37(44)41-34-14-10-29(11-15-34)32-18-19-40-28(3)25-32)33-9-7-8-31(26-33)30-12-16-35(17-13-30)42-20-22-43(23-21-42)38(45)46-39(4,5)6/h7-19,25-27,36H,20-24H2,1-6H3,(H,41,44). The Morgan fingerprint density at radius 1 is 0.826 bits per heavy atom. The zero-order chi connectivity index (χ0) is 32.8. The maximum absolute atomic E-state index is 13.7. The second-order valence-electron chi connectivity index (χ2n) is 13.6. The molecule has 7 nitrogen and oxygen atoms in total. The first-order valence-electron chi connectivity index (χ1n) is 16.2. The third-order valence-corrected chi connectivity index (χ3v) is 8.19. The minimum atomic E-state index is -0.493. The number of ether oxygens (including phenoxy) is 1. The predicted octanol–water partition coefficient (Wildman–Crippen LogP) is 8.55. The average molecular weight is 619 g/mol. The largest absolute Gasteiger partial charge is 0.444 e. The molecule has 0 bridgehead atoms. The fourth-order valence-electron chi connectivity index (χ4n) is 5.84. The van der Waals surface area contributed by atoms with Gasteiger partial charge in [0.1, 0.15) is 5.60 Å². The van der Waals surface area contributed by atoms with Gasteiger partial charge in [0, 0.05) is 49.4 Å². The van der Waals surface area contributed by atoms with Crippen LogP contribution < -0.4 is 10.2 Å². The molecular formula is C39H46N4O3. The molecule has 3 aromatic carbocycles. The van der Waals surface area contributed by atoms with Crippen LogP contribution in [-0.4, -0.2) is 53.7 Å². The number of aromatic nitrogens is 1. The Morgan fingerprint density at radius 2 is 1.46 bits per heavy atom. The summed E-state index contributed by atoms with van der Waals surface area (Å²) >= 11 is 0. The molecule has 0 spiro atoms. The number of benzene rings is 3. The van der Waals surface area contributed by atoms with E-state index >= 15 is 0 Å². The van der Waals surface area contributed by atoms with Gasteiger partial charge in [0.05, 0.1) is 5.92 Å². The van der Waals surface area contributed by atoms with Crippen molar-refractivity contribution in [1.29, 1.82) is 0 Å². The van der Waals surface area contributed by atoms with Gasteiger partial charge < -0.3 is 19.9 Å². The summed E-state index contributed by atoms with van der Waals surface area (Å²) in [7, 11) is 0. The smallest absolute Gasteiger partial charge is 0.410 e. The quantitative estimate of drug-likeness (QED) is 0.214. The summed E-state index contributed by atoms with van der Waals surface area (Å²) in [6.45, 7) is 14.7. The molecule has 7 heteroatoms. The van der Waals surface area contributed by atoms with Crippen LogP contribution in [0, 0.1) is 12.8 Å². The lowest BCUT2D eigenvalue weighted by Gasteiger charge is -2.36. The molecule has 1 aliphatic rings. The molecule has 2 amide bonds. The maximum atomic E-state index is 13.7. The Hall–Kier alpha value is -4.65. The molecule has 5 rings (SSSR count). The van der Waals surface area contributed by atoms with Gasteiger partial charge in [-0.15, -0.1) is 0 Å². The van der Waals surface area contributed by atoms with Gasteiger partial charge in [-0.05, 0) is 104 Å². The number of nitrogens with zero attached hydrogens (tertiary/aromatic N) is 3. The first-order chi connectivity index (χ1) is 21.9. The van der Waals surface area contributed by atoms with Crippen molar-refractivity contribution in [3.8, 4) is 22.3 Å². The predicted molar refractivity (Wildman–Crippen MR) is 187 cm³/mol. The highest BCUT2D eigenvalue weighted by atomic mass is 16.6. The molecule has 0 aliphatic carbocycles. The van der Waals surface area contributed by atoms with Crippen LogP contribution in [0.3, 0.4) is 0 Å². The van der Waals surface area contributed by atoms with Crippen LogP contribution in [0.1, 0.15) is 58.2 Å². The van der Waals surface area contributed by atoms with Gasteiger partial charge in [-0.2, -0.15) is 0 Å². The Kier molecular flexibility index (Phi) is 10.1. The van der Waals surface area contributed by atoms with Gasteiger partial charge in [0.2, 0.25) is 5.91 Å². The molecule has 1 atom stereocenters. The van der Waals surface area contributed by atoms with Crippen LogP contribution in [0.25, 0.3) is 22.3 Å². The summed E-state index contributed by atoms with van der Waals surface area (Å²) in [6.07, 6.45) is 2.31. The molecule has 0 saturated carbocycles. The molecule has 0 radical (unpaired) electrons. The minimum Gasteiger partial charge on any atom is -0.444 e. The molecule has 46 heavy (non-hydrogen) atoms. The van der Waals surface area contributed by atoms with E-state index in [9.17, 15) is 9.59 Å². The molecule has 4 aromatic rings. The Morgan fingerprint density at radius 3 is 2.07 bits per heavy atom. The van der Waals surface area contributed by atoms with Crippen LogP contribution in [-0.2, 0) is 9.53 Å². The first-order valence-corrected chi connectivity index (χ1v) is 16.2. The Labute approximate surface area is 273 Å². The van der Waals surface area contributed by atoms with E-state index in [0.29, 0.717) is 19.0 Å². The van der Waals surface area contributed by atoms with E-state index in [-0.39, 0.29) is 17.9 Å². The first kappa shape index (κ1) is 32.7. The SMILES string of the molecule is Cc1cc(-c2ccc(NC(=O)C(CC(C)C)c3cccc(-c4ccc(N5CCN(C(=O)OC(C)(C)C)CC5)cc4)c3)cc2)ccn1. The molecular weight excluding hydrogens is 572 g/mol. The van der Waals surface area contributed by atoms with Crippen molar-refractivity contribution in [3.05, 3.63) is 102 Å². The summed E-state index contributed by atoms with van der Waals surface area (Å²) in [5, 5.41) is 3.17. The van der Waals surface area contributed by atoms with Gasteiger partial charge in [-0.25, -0.2) is 4.79 Å². The van der Waals surface area contributed by atoms with E-state index in [4.69, 9.17) is 4.74 Å². The molecule has 1 unspecified atom stereocenters. The fourth-order valence-corrected chi connectivity index (χ4v) is 5.84. The minimum absolute atomic E-state index is 0.000715. The number of pyridine rings is 1. The van der Waals surface area contributed by atoms with Gasteiger partial charge in [0.25, 0.3) is 0 Å². The van der Waals surface area contributed by atoms with E-state index in [1.807, 2.05) is 70.3 Å². The molecule has 1 aliphatic heterocycles. The third-order valence-electron chi connectivity index (χ3n) is 8.19. The summed E-state index contributed by atoms with van der Waals surface area (Å²) in [5.74, 6) is 0.0778. The summed E-state index contributed by atoms with van der Waals surface area (Å²) in [4.78, 5) is 34.5. The molecule has 1 N–H and O–H groups in total. The van der Waals surface area contributed by atoms with Crippen molar-refractivity contribution in [1.82, 2.24) is 9.88 Å². The van der Waals surface area contributed by atoms with Gasteiger partial charge in [-0.1, -0.05) is 62.4 Å². The van der Waals surface area contributed by atoms with Gasteiger partial charge in [0.15, 0.2) is 0 Å².